The summed E-state index contributed by atoms with van der Waals surface area (Å²) in [4.78, 5) is 35.3. The summed E-state index contributed by atoms with van der Waals surface area (Å²) in [6, 6.07) is 14.1. The molecule has 0 bridgehead atoms. The SMILES string of the molecule is COc1ccc(C(=O)Oc2ccc([N+](=O)[O-])cc2/C=N/NC(=O)c2ccc(Cl)cc2Cl)cc1. The lowest BCUT2D eigenvalue weighted by atomic mass is 10.2. The summed E-state index contributed by atoms with van der Waals surface area (Å²) >= 11 is 11.8. The second kappa shape index (κ2) is 10.6. The van der Waals surface area contributed by atoms with Crippen molar-refractivity contribution in [3.05, 3.63) is 97.5 Å². The van der Waals surface area contributed by atoms with Crippen molar-refractivity contribution in [2.45, 2.75) is 0 Å². The van der Waals surface area contributed by atoms with Crippen molar-refractivity contribution in [2.75, 3.05) is 7.11 Å². The van der Waals surface area contributed by atoms with Gasteiger partial charge in [0.1, 0.15) is 11.5 Å². The van der Waals surface area contributed by atoms with E-state index >= 15 is 0 Å². The number of amides is 1. The molecule has 0 unspecified atom stereocenters. The van der Waals surface area contributed by atoms with Crippen LogP contribution >= 0.6 is 23.2 Å². The fourth-order valence-corrected chi connectivity index (χ4v) is 3.12. The number of halogens is 2. The van der Waals surface area contributed by atoms with Gasteiger partial charge in [-0.15, -0.1) is 0 Å². The Morgan fingerprint density at radius 3 is 2.42 bits per heavy atom. The van der Waals surface area contributed by atoms with Crippen LogP contribution < -0.4 is 14.9 Å². The Morgan fingerprint density at radius 1 is 1.06 bits per heavy atom. The molecule has 3 rings (SSSR count). The fourth-order valence-electron chi connectivity index (χ4n) is 2.62. The number of nitro groups is 1. The summed E-state index contributed by atoms with van der Waals surface area (Å²) in [6.45, 7) is 0. The number of hydrazone groups is 1. The number of methoxy groups -OCH3 is 1. The van der Waals surface area contributed by atoms with E-state index < -0.39 is 16.8 Å². The van der Waals surface area contributed by atoms with Crippen LogP contribution in [0.5, 0.6) is 11.5 Å². The van der Waals surface area contributed by atoms with E-state index in [0.29, 0.717) is 10.8 Å². The molecule has 0 aliphatic rings. The number of carbonyl (C=O) groups is 2. The Hall–Kier alpha value is -3.95. The average molecular weight is 488 g/mol. The molecule has 0 spiro atoms. The predicted molar refractivity (Wildman–Crippen MR) is 123 cm³/mol. The minimum absolute atomic E-state index is 0.00365. The minimum Gasteiger partial charge on any atom is -0.497 e. The number of hydrogen-bond acceptors (Lipinski definition) is 7. The number of benzene rings is 3. The van der Waals surface area contributed by atoms with Crippen molar-refractivity contribution >= 4 is 47.0 Å². The zero-order valence-electron chi connectivity index (χ0n) is 17.0. The molecule has 168 valence electrons. The topological polar surface area (TPSA) is 120 Å². The summed E-state index contributed by atoms with van der Waals surface area (Å²) in [5.41, 5.74) is 2.46. The van der Waals surface area contributed by atoms with E-state index in [1.807, 2.05) is 0 Å². The van der Waals surface area contributed by atoms with E-state index in [2.05, 4.69) is 10.5 Å². The fraction of sp³-hybridized carbons (Fsp3) is 0.0455. The number of rotatable bonds is 7. The minimum atomic E-state index is -0.696. The third-order valence-electron chi connectivity index (χ3n) is 4.28. The van der Waals surface area contributed by atoms with Gasteiger partial charge in [0.15, 0.2) is 0 Å². The van der Waals surface area contributed by atoms with E-state index in [1.165, 1.54) is 49.6 Å². The maximum absolute atomic E-state index is 12.5. The molecule has 0 saturated carbocycles. The number of ether oxygens (including phenoxy) is 2. The summed E-state index contributed by atoms with van der Waals surface area (Å²) in [5, 5.41) is 15.4. The Balaban J connectivity index is 1.81. The van der Waals surface area contributed by atoms with E-state index in [4.69, 9.17) is 32.7 Å². The number of carbonyl (C=O) groups excluding carboxylic acids is 2. The zero-order chi connectivity index (χ0) is 24.0. The molecule has 1 amide bonds. The molecule has 0 aliphatic heterocycles. The van der Waals surface area contributed by atoms with Crippen LogP contribution in [0.1, 0.15) is 26.3 Å². The van der Waals surface area contributed by atoms with Crippen molar-refractivity contribution in [3.8, 4) is 11.5 Å². The normalized spacial score (nSPS) is 10.6. The molecule has 0 fully saturated rings. The Labute approximate surface area is 197 Å². The monoisotopic (exact) mass is 487 g/mol. The second-order valence-corrected chi connectivity index (χ2v) is 7.26. The first kappa shape index (κ1) is 23.7. The smallest absolute Gasteiger partial charge is 0.343 e. The van der Waals surface area contributed by atoms with Crippen LogP contribution in [0.4, 0.5) is 5.69 Å². The predicted octanol–water partition coefficient (Wildman–Crippen LogP) is 4.89. The van der Waals surface area contributed by atoms with Crippen LogP contribution in [0.3, 0.4) is 0 Å². The first-order valence-electron chi connectivity index (χ1n) is 9.21. The van der Waals surface area contributed by atoms with Crippen molar-refractivity contribution in [1.29, 1.82) is 0 Å². The van der Waals surface area contributed by atoms with Crippen LogP contribution in [-0.2, 0) is 0 Å². The molecule has 0 aliphatic carbocycles. The number of esters is 1. The highest BCUT2D eigenvalue weighted by molar-refractivity contribution is 6.36. The third kappa shape index (κ3) is 6.06. The maximum Gasteiger partial charge on any atom is 0.343 e. The number of non-ortho nitro benzene ring substituents is 1. The molecule has 0 aromatic heterocycles. The molecule has 3 aromatic carbocycles. The molecule has 9 nitrogen and oxygen atoms in total. The first-order chi connectivity index (χ1) is 15.8. The molecule has 0 heterocycles. The standard InChI is InChI=1S/C22H15Cl2N3O6/c1-32-17-6-2-13(3-7-17)22(29)33-20-9-5-16(27(30)31)10-14(20)12-25-26-21(28)18-8-4-15(23)11-19(18)24/h2-12H,1H3,(H,26,28)/b25-12+. The number of nitrogens with one attached hydrogen (secondary N) is 1. The number of nitro benzene ring substituents is 1. The Bertz CT molecular complexity index is 1250. The van der Waals surface area contributed by atoms with Gasteiger partial charge in [-0.05, 0) is 48.5 Å². The Kier molecular flexibility index (Phi) is 7.60. The van der Waals surface area contributed by atoms with E-state index in [0.717, 1.165) is 12.3 Å². The molecule has 3 aromatic rings. The van der Waals surface area contributed by atoms with E-state index in [1.54, 1.807) is 12.1 Å². The lowest BCUT2D eigenvalue weighted by Gasteiger charge is -2.08. The lowest BCUT2D eigenvalue weighted by molar-refractivity contribution is -0.384. The van der Waals surface area contributed by atoms with Crippen LogP contribution in [0.2, 0.25) is 10.0 Å². The average Bonchev–Trinajstić information content (AvgIpc) is 2.79. The zero-order valence-corrected chi connectivity index (χ0v) is 18.5. The number of nitrogens with zero attached hydrogens (tertiary/aromatic N) is 2. The molecule has 1 N–H and O–H groups in total. The molecular weight excluding hydrogens is 473 g/mol. The quantitative estimate of drug-likeness (QED) is 0.166. The van der Waals surface area contributed by atoms with Gasteiger partial charge in [0.05, 0.1) is 34.4 Å². The third-order valence-corrected chi connectivity index (χ3v) is 4.83. The van der Waals surface area contributed by atoms with Crippen LogP contribution in [0.15, 0.2) is 65.8 Å². The van der Waals surface area contributed by atoms with Gasteiger partial charge < -0.3 is 9.47 Å². The van der Waals surface area contributed by atoms with Crippen molar-refractivity contribution in [1.82, 2.24) is 5.43 Å². The lowest BCUT2D eigenvalue weighted by Crippen LogP contribution is -2.18. The van der Waals surface area contributed by atoms with Gasteiger partial charge in [0.2, 0.25) is 0 Å². The summed E-state index contributed by atoms with van der Waals surface area (Å²) in [7, 11) is 1.50. The van der Waals surface area contributed by atoms with E-state index in [-0.39, 0.29) is 33.1 Å². The first-order valence-corrected chi connectivity index (χ1v) is 9.97. The van der Waals surface area contributed by atoms with Gasteiger partial charge in [-0.1, -0.05) is 23.2 Å². The highest BCUT2D eigenvalue weighted by Crippen LogP contribution is 2.25. The van der Waals surface area contributed by atoms with Crippen LogP contribution in [-0.4, -0.2) is 30.1 Å². The molecule has 11 heteroatoms. The molecular formula is C22H15Cl2N3O6. The summed E-state index contributed by atoms with van der Waals surface area (Å²) in [5.74, 6) is -0.761. The highest BCUT2D eigenvalue weighted by atomic mass is 35.5. The number of hydrogen-bond donors (Lipinski definition) is 1. The highest BCUT2D eigenvalue weighted by Gasteiger charge is 2.16. The molecule has 0 atom stereocenters. The molecule has 0 radical (unpaired) electrons. The van der Waals surface area contributed by atoms with Gasteiger partial charge >= 0.3 is 5.97 Å². The Morgan fingerprint density at radius 2 is 1.79 bits per heavy atom. The summed E-state index contributed by atoms with van der Waals surface area (Å²) < 4.78 is 10.4. The van der Waals surface area contributed by atoms with Crippen molar-refractivity contribution in [3.63, 3.8) is 0 Å². The van der Waals surface area contributed by atoms with Gasteiger partial charge in [-0.25, -0.2) is 10.2 Å². The van der Waals surface area contributed by atoms with Gasteiger partial charge in [0.25, 0.3) is 11.6 Å². The largest absolute Gasteiger partial charge is 0.497 e. The van der Waals surface area contributed by atoms with Gasteiger partial charge in [-0.3, -0.25) is 14.9 Å². The van der Waals surface area contributed by atoms with Crippen LogP contribution in [0.25, 0.3) is 0 Å². The summed E-state index contributed by atoms with van der Waals surface area (Å²) in [6.07, 6.45) is 1.12. The maximum atomic E-state index is 12.5. The van der Waals surface area contributed by atoms with Crippen LogP contribution in [0, 0.1) is 10.1 Å². The molecule has 33 heavy (non-hydrogen) atoms. The second-order valence-electron chi connectivity index (χ2n) is 6.42. The van der Waals surface area contributed by atoms with Gasteiger partial charge in [0, 0.05) is 22.7 Å². The van der Waals surface area contributed by atoms with Crippen molar-refractivity contribution < 1.29 is 24.0 Å². The molecule has 0 saturated heterocycles. The van der Waals surface area contributed by atoms with Gasteiger partial charge in [-0.2, -0.15) is 5.10 Å². The van der Waals surface area contributed by atoms with E-state index in [9.17, 15) is 19.7 Å². The van der Waals surface area contributed by atoms with Crippen molar-refractivity contribution in [2.24, 2.45) is 5.10 Å².